The number of oxazole rings is 1. The fourth-order valence-corrected chi connectivity index (χ4v) is 2.33. The molecule has 0 N–H and O–H groups in total. The van der Waals surface area contributed by atoms with Gasteiger partial charge in [-0.25, -0.2) is 0 Å². The zero-order valence-corrected chi connectivity index (χ0v) is 11.1. The SMILES string of the molecule is Cc1ccccc1-c1coc(-c2ccccc2)[n+]1C. The van der Waals surface area contributed by atoms with Gasteiger partial charge in [-0.3, -0.25) is 0 Å². The second-order valence-electron chi connectivity index (χ2n) is 4.67. The van der Waals surface area contributed by atoms with E-state index in [-0.39, 0.29) is 0 Å². The van der Waals surface area contributed by atoms with Gasteiger partial charge in [0.25, 0.3) is 5.69 Å². The summed E-state index contributed by atoms with van der Waals surface area (Å²) in [5.74, 6) is 0.874. The second-order valence-corrected chi connectivity index (χ2v) is 4.67. The summed E-state index contributed by atoms with van der Waals surface area (Å²) in [5, 5.41) is 0. The van der Waals surface area contributed by atoms with Gasteiger partial charge in [0.15, 0.2) is 6.26 Å². The molecule has 0 fully saturated rings. The van der Waals surface area contributed by atoms with Gasteiger partial charge in [-0.1, -0.05) is 36.4 Å². The first-order chi connectivity index (χ1) is 9.27. The zero-order chi connectivity index (χ0) is 13.2. The van der Waals surface area contributed by atoms with Crippen molar-refractivity contribution in [1.82, 2.24) is 0 Å². The van der Waals surface area contributed by atoms with Crippen LogP contribution in [0.2, 0.25) is 0 Å². The quantitative estimate of drug-likeness (QED) is 0.633. The number of benzene rings is 2. The van der Waals surface area contributed by atoms with Gasteiger partial charge in [0, 0.05) is 0 Å². The lowest BCUT2D eigenvalue weighted by Gasteiger charge is -1.99. The number of hydrogen-bond acceptors (Lipinski definition) is 1. The highest BCUT2D eigenvalue weighted by atomic mass is 16.3. The lowest BCUT2D eigenvalue weighted by molar-refractivity contribution is -0.651. The average molecular weight is 250 g/mol. The first-order valence-corrected chi connectivity index (χ1v) is 6.36. The van der Waals surface area contributed by atoms with Crippen molar-refractivity contribution in [1.29, 1.82) is 0 Å². The fraction of sp³-hybridized carbons (Fsp3) is 0.118. The van der Waals surface area contributed by atoms with Gasteiger partial charge in [0.1, 0.15) is 7.05 Å². The smallest absolute Gasteiger partial charge is 0.380 e. The van der Waals surface area contributed by atoms with Crippen LogP contribution in [0.15, 0.2) is 65.3 Å². The average Bonchev–Trinajstić information content (AvgIpc) is 2.82. The van der Waals surface area contributed by atoms with Crippen LogP contribution in [0.1, 0.15) is 5.56 Å². The molecule has 94 valence electrons. The Hall–Kier alpha value is -2.35. The molecule has 0 aliphatic rings. The van der Waals surface area contributed by atoms with Crippen LogP contribution >= 0.6 is 0 Å². The monoisotopic (exact) mass is 250 g/mol. The van der Waals surface area contributed by atoms with Crippen molar-refractivity contribution in [3.63, 3.8) is 0 Å². The van der Waals surface area contributed by atoms with E-state index in [1.54, 1.807) is 0 Å². The van der Waals surface area contributed by atoms with Crippen LogP contribution in [0.4, 0.5) is 0 Å². The first kappa shape index (κ1) is 11.7. The Bertz CT molecular complexity index is 698. The maximum absolute atomic E-state index is 5.75. The standard InChI is InChI=1S/C17H16NO/c1-13-8-6-7-11-15(13)16-12-19-17(18(16)2)14-9-4-3-5-10-14/h3-12H,1-2H3/q+1. The molecule has 0 saturated carbocycles. The van der Waals surface area contributed by atoms with Crippen molar-refractivity contribution < 1.29 is 8.98 Å². The van der Waals surface area contributed by atoms with Gasteiger partial charge >= 0.3 is 5.89 Å². The Balaban J connectivity index is 2.12. The molecule has 2 heteroatoms. The molecule has 2 aromatic carbocycles. The number of nitrogens with zero attached hydrogens (tertiary/aromatic N) is 1. The summed E-state index contributed by atoms with van der Waals surface area (Å²) < 4.78 is 7.85. The Morgan fingerprint density at radius 1 is 0.895 bits per heavy atom. The van der Waals surface area contributed by atoms with E-state index in [1.807, 2.05) is 31.5 Å². The lowest BCUT2D eigenvalue weighted by atomic mass is 10.1. The molecule has 3 rings (SSSR count). The molecule has 0 amide bonds. The third-order valence-electron chi connectivity index (χ3n) is 3.39. The molecule has 0 bridgehead atoms. The minimum Gasteiger partial charge on any atom is -0.406 e. The highest BCUT2D eigenvalue weighted by Crippen LogP contribution is 2.24. The fourth-order valence-electron chi connectivity index (χ4n) is 2.33. The Labute approximate surface area is 112 Å². The molecule has 0 aliphatic carbocycles. The molecule has 0 spiro atoms. The Morgan fingerprint density at radius 3 is 2.32 bits per heavy atom. The topological polar surface area (TPSA) is 17.0 Å². The molecule has 0 atom stereocenters. The summed E-state index contributed by atoms with van der Waals surface area (Å²) in [6, 6.07) is 18.5. The molecule has 3 aromatic rings. The molecule has 0 radical (unpaired) electrons. The molecule has 2 nitrogen and oxygen atoms in total. The maximum Gasteiger partial charge on any atom is 0.380 e. The third-order valence-corrected chi connectivity index (χ3v) is 3.39. The lowest BCUT2D eigenvalue weighted by Crippen LogP contribution is -2.30. The number of rotatable bonds is 2. The number of aromatic nitrogens is 1. The van der Waals surface area contributed by atoms with Crippen LogP contribution in [0.25, 0.3) is 22.7 Å². The van der Waals surface area contributed by atoms with Crippen molar-refractivity contribution in [3.8, 4) is 22.7 Å². The van der Waals surface area contributed by atoms with E-state index in [1.165, 1.54) is 11.1 Å². The molecule has 1 aromatic heterocycles. The molecule has 19 heavy (non-hydrogen) atoms. The summed E-state index contributed by atoms with van der Waals surface area (Å²) in [5.41, 5.74) is 4.64. The van der Waals surface area contributed by atoms with Crippen LogP contribution in [0.5, 0.6) is 0 Å². The van der Waals surface area contributed by atoms with Crippen molar-refractivity contribution in [2.75, 3.05) is 0 Å². The minimum absolute atomic E-state index is 0.874. The third kappa shape index (κ3) is 2.06. The molecule has 0 unspecified atom stereocenters. The highest BCUT2D eigenvalue weighted by Gasteiger charge is 2.22. The first-order valence-electron chi connectivity index (χ1n) is 6.36. The predicted molar refractivity (Wildman–Crippen MR) is 75.5 cm³/mol. The van der Waals surface area contributed by atoms with E-state index < -0.39 is 0 Å². The van der Waals surface area contributed by atoms with Gasteiger partial charge in [0.2, 0.25) is 0 Å². The molecule has 1 heterocycles. The number of hydrogen-bond donors (Lipinski definition) is 0. The van der Waals surface area contributed by atoms with Crippen LogP contribution in [0, 0.1) is 6.92 Å². The van der Waals surface area contributed by atoms with E-state index >= 15 is 0 Å². The largest absolute Gasteiger partial charge is 0.406 e. The van der Waals surface area contributed by atoms with Crippen molar-refractivity contribution in [3.05, 3.63) is 66.4 Å². The minimum atomic E-state index is 0.874. The van der Waals surface area contributed by atoms with E-state index in [2.05, 4.69) is 47.9 Å². The summed E-state index contributed by atoms with van der Waals surface area (Å²) in [6.07, 6.45) is 1.82. The Morgan fingerprint density at radius 2 is 1.58 bits per heavy atom. The van der Waals surface area contributed by atoms with Crippen molar-refractivity contribution in [2.24, 2.45) is 7.05 Å². The van der Waals surface area contributed by atoms with E-state index in [0.717, 1.165) is 17.1 Å². The predicted octanol–water partition coefficient (Wildman–Crippen LogP) is 3.75. The molecular weight excluding hydrogens is 234 g/mol. The zero-order valence-electron chi connectivity index (χ0n) is 11.1. The van der Waals surface area contributed by atoms with Crippen LogP contribution in [0.3, 0.4) is 0 Å². The van der Waals surface area contributed by atoms with Crippen molar-refractivity contribution >= 4 is 0 Å². The van der Waals surface area contributed by atoms with Gasteiger partial charge in [0.05, 0.1) is 11.1 Å². The van der Waals surface area contributed by atoms with Gasteiger partial charge in [-0.2, -0.15) is 4.57 Å². The molecule has 0 saturated heterocycles. The van der Waals surface area contributed by atoms with Crippen LogP contribution in [-0.2, 0) is 7.05 Å². The maximum atomic E-state index is 5.75. The van der Waals surface area contributed by atoms with Gasteiger partial charge in [-0.15, -0.1) is 0 Å². The molecular formula is C17H16NO+. The van der Waals surface area contributed by atoms with Crippen molar-refractivity contribution in [2.45, 2.75) is 6.92 Å². The Kier molecular flexibility index (Phi) is 2.92. The molecule has 0 aliphatic heterocycles. The summed E-state index contributed by atoms with van der Waals surface area (Å²) in [4.78, 5) is 0. The van der Waals surface area contributed by atoms with E-state index in [0.29, 0.717) is 0 Å². The van der Waals surface area contributed by atoms with E-state index in [4.69, 9.17) is 4.42 Å². The summed E-state index contributed by atoms with van der Waals surface area (Å²) in [7, 11) is 2.04. The normalized spacial score (nSPS) is 10.6. The van der Waals surface area contributed by atoms with Crippen LogP contribution in [-0.4, -0.2) is 0 Å². The van der Waals surface area contributed by atoms with Crippen LogP contribution < -0.4 is 4.57 Å². The van der Waals surface area contributed by atoms with Gasteiger partial charge in [-0.05, 0) is 30.7 Å². The highest BCUT2D eigenvalue weighted by molar-refractivity contribution is 5.61. The summed E-state index contributed by atoms with van der Waals surface area (Å²) in [6.45, 7) is 2.12. The van der Waals surface area contributed by atoms with E-state index in [9.17, 15) is 0 Å². The second kappa shape index (κ2) is 4.73. The van der Waals surface area contributed by atoms with Gasteiger partial charge < -0.3 is 4.42 Å². The number of aryl methyl sites for hydroxylation is 1. The summed E-state index contributed by atoms with van der Waals surface area (Å²) >= 11 is 0.